The van der Waals surface area contributed by atoms with Crippen molar-refractivity contribution in [1.82, 2.24) is 9.88 Å². The molecule has 7 heteroatoms. The molecule has 0 N–H and O–H groups in total. The lowest BCUT2D eigenvalue weighted by Crippen LogP contribution is -2.31. The molecule has 0 aliphatic carbocycles. The van der Waals surface area contributed by atoms with Crippen molar-refractivity contribution in [3.63, 3.8) is 0 Å². The molecule has 1 aliphatic heterocycles. The highest BCUT2D eigenvalue weighted by atomic mass is 19.1. The van der Waals surface area contributed by atoms with Crippen LogP contribution in [0.5, 0.6) is 11.5 Å². The number of methoxy groups -OCH3 is 2. The van der Waals surface area contributed by atoms with Crippen molar-refractivity contribution < 1.29 is 23.1 Å². The van der Waals surface area contributed by atoms with Crippen molar-refractivity contribution in [1.29, 1.82) is 0 Å². The van der Waals surface area contributed by atoms with Gasteiger partial charge >= 0.3 is 0 Å². The predicted molar refractivity (Wildman–Crippen MR) is 113 cm³/mol. The third-order valence-corrected chi connectivity index (χ3v) is 5.61. The summed E-state index contributed by atoms with van der Waals surface area (Å²) in [5.41, 5.74) is 1.31. The highest BCUT2D eigenvalue weighted by molar-refractivity contribution is 5.77. The average molecular weight is 424 g/mol. The Morgan fingerprint density at radius 2 is 2.06 bits per heavy atom. The number of carbonyl (C=O) groups excluding carboxylic acids is 1. The SMILES string of the molecule is COc1ccc(OC)c([C@H]2CCCN2C(=O)CCc2ncc(-c3ccccc3F)o2)c1. The lowest BCUT2D eigenvalue weighted by molar-refractivity contribution is -0.132. The second-order valence-corrected chi connectivity index (χ2v) is 7.45. The Hall–Kier alpha value is -3.35. The van der Waals surface area contributed by atoms with Crippen LogP contribution in [0.25, 0.3) is 11.3 Å². The van der Waals surface area contributed by atoms with Crippen LogP contribution in [0.15, 0.2) is 53.1 Å². The molecule has 6 nitrogen and oxygen atoms in total. The summed E-state index contributed by atoms with van der Waals surface area (Å²) in [4.78, 5) is 19.1. The van der Waals surface area contributed by atoms with Gasteiger partial charge in [-0.05, 0) is 43.2 Å². The van der Waals surface area contributed by atoms with Crippen molar-refractivity contribution in [2.75, 3.05) is 20.8 Å². The topological polar surface area (TPSA) is 64.8 Å². The first-order chi connectivity index (χ1) is 15.1. The van der Waals surface area contributed by atoms with Crippen LogP contribution in [0.3, 0.4) is 0 Å². The Kier molecular flexibility index (Phi) is 6.21. The molecule has 31 heavy (non-hydrogen) atoms. The van der Waals surface area contributed by atoms with E-state index in [1.54, 1.807) is 32.4 Å². The molecule has 1 fully saturated rings. The average Bonchev–Trinajstić information content (AvgIpc) is 3.47. The van der Waals surface area contributed by atoms with Gasteiger partial charge in [0.2, 0.25) is 5.91 Å². The number of hydrogen-bond donors (Lipinski definition) is 0. The minimum atomic E-state index is -0.367. The number of ether oxygens (including phenoxy) is 2. The number of oxazole rings is 1. The molecule has 0 saturated carbocycles. The van der Waals surface area contributed by atoms with Crippen LogP contribution in [0.1, 0.15) is 36.8 Å². The Labute approximate surface area is 180 Å². The second kappa shape index (κ2) is 9.20. The zero-order chi connectivity index (χ0) is 21.8. The van der Waals surface area contributed by atoms with Gasteiger partial charge in [-0.1, -0.05) is 12.1 Å². The molecule has 4 rings (SSSR count). The van der Waals surface area contributed by atoms with E-state index in [0.717, 1.165) is 29.9 Å². The number of halogens is 1. The van der Waals surface area contributed by atoms with E-state index in [0.29, 0.717) is 30.2 Å². The van der Waals surface area contributed by atoms with Gasteiger partial charge in [-0.15, -0.1) is 0 Å². The monoisotopic (exact) mass is 424 g/mol. The largest absolute Gasteiger partial charge is 0.497 e. The summed E-state index contributed by atoms with van der Waals surface area (Å²) in [6.45, 7) is 0.690. The minimum Gasteiger partial charge on any atom is -0.497 e. The van der Waals surface area contributed by atoms with E-state index in [1.165, 1.54) is 12.3 Å². The smallest absolute Gasteiger partial charge is 0.223 e. The molecule has 1 aromatic heterocycles. The standard InChI is InChI=1S/C24H25FN2O4/c1-29-16-9-10-21(30-2)18(14-16)20-8-5-13-27(20)24(28)12-11-23-26-15-22(31-23)17-6-3-4-7-19(17)25/h3-4,6-7,9-10,14-15,20H,5,8,11-13H2,1-2H3/t20-/m1/s1. The number of likely N-dealkylation sites (tertiary alicyclic amines) is 1. The van der Waals surface area contributed by atoms with Crippen LogP contribution in [0.2, 0.25) is 0 Å². The number of carbonyl (C=O) groups is 1. The maximum Gasteiger partial charge on any atom is 0.223 e. The van der Waals surface area contributed by atoms with Gasteiger partial charge in [-0.3, -0.25) is 4.79 Å². The number of benzene rings is 2. The van der Waals surface area contributed by atoms with Gasteiger partial charge in [0.15, 0.2) is 11.7 Å². The molecule has 3 aromatic rings. The van der Waals surface area contributed by atoms with Gasteiger partial charge in [-0.25, -0.2) is 9.37 Å². The van der Waals surface area contributed by atoms with E-state index in [9.17, 15) is 9.18 Å². The summed E-state index contributed by atoms with van der Waals surface area (Å²) in [6.07, 6.45) is 3.91. The van der Waals surface area contributed by atoms with Gasteiger partial charge in [0.25, 0.3) is 0 Å². The van der Waals surface area contributed by atoms with Crippen molar-refractivity contribution in [2.24, 2.45) is 0 Å². The van der Waals surface area contributed by atoms with E-state index < -0.39 is 0 Å². The van der Waals surface area contributed by atoms with Crippen molar-refractivity contribution in [2.45, 2.75) is 31.7 Å². The molecule has 2 heterocycles. The summed E-state index contributed by atoms with van der Waals surface area (Å²) >= 11 is 0. The summed E-state index contributed by atoms with van der Waals surface area (Å²) in [5.74, 6) is 1.91. The number of nitrogens with zero attached hydrogens (tertiary/aromatic N) is 2. The molecule has 1 aliphatic rings. The molecular formula is C24H25FN2O4. The first kappa shape index (κ1) is 20.9. The second-order valence-electron chi connectivity index (χ2n) is 7.45. The number of rotatable bonds is 7. The van der Waals surface area contributed by atoms with Crippen LogP contribution in [-0.4, -0.2) is 36.6 Å². The van der Waals surface area contributed by atoms with Crippen molar-refractivity contribution in [3.05, 3.63) is 65.9 Å². The Morgan fingerprint density at radius 3 is 2.84 bits per heavy atom. The van der Waals surface area contributed by atoms with E-state index in [-0.39, 0.29) is 24.2 Å². The number of aromatic nitrogens is 1. The van der Waals surface area contributed by atoms with Crippen LogP contribution >= 0.6 is 0 Å². The molecular weight excluding hydrogens is 399 g/mol. The molecule has 2 aromatic carbocycles. The maximum atomic E-state index is 14.0. The van der Waals surface area contributed by atoms with E-state index >= 15 is 0 Å². The number of aryl methyl sites for hydroxylation is 1. The van der Waals surface area contributed by atoms with Crippen molar-refractivity contribution in [3.8, 4) is 22.8 Å². The zero-order valence-corrected chi connectivity index (χ0v) is 17.6. The maximum absolute atomic E-state index is 14.0. The molecule has 0 spiro atoms. The number of hydrogen-bond acceptors (Lipinski definition) is 5. The first-order valence-electron chi connectivity index (χ1n) is 10.3. The normalized spacial score (nSPS) is 15.8. The summed E-state index contributed by atoms with van der Waals surface area (Å²) in [7, 11) is 3.25. The molecule has 1 amide bonds. The zero-order valence-electron chi connectivity index (χ0n) is 17.6. The van der Waals surface area contributed by atoms with Gasteiger partial charge in [0.05, 0.1) is 32.0 Å². The van der Waals surface area contributed by atoms with Gasteiger partial charge in [0.1, 0.15) is 17.3 Å². The van der Waals surface area contributed by atoms with Crippen LogP contribution in [-0.2, 0) is 11.2 Å². The lowest BCUT2D eigenvalue weighted by Gasteiger charge is -2.26. The third kappa shape index (κ3) is 4.40. The fraction of sp³-hybridized carbons (Fsp3) is 0.333. The Morgan fingerprint density at radius 1 is 1.23 bits per heavy atom. The fourth-order valence-corrected chi connectivity index (χ4v) is 4.06. The van der Waals surface area contributed by atoms with Crippen molar-refractivity contribution >= 4 is 5.91 Å². The quantitative estimate of drug-likeness (QED) is 0.545. The van der Waals surface area contributed by atoms with E-state index in [2.05, 4.69) is 4.98 Å². The Balaban J connectivity index is 1.45. The summed E-state index contributed by atoms with van der Waals surface area (Å²) in [5, 5.41) is 0. The molecule has 1 saturated heterocycles. The third-order valence-electron chi connectivity index (χ3n) is 5.61. The van der Waals surface area contributed by atoms with E-state index in [1.807, 2.05) is 23.1 Å². The van der Waals surface area contributed by atoms with Gasteiger partial charge < -0.3 is 18.8 Å². The molecule has 1 atom stereocenters. The van der Waals surface area contributed by atoms with Crippen LogP contribution in [0.4, 0.5) is 4.39 Å². The molecule has 0 bridgehead atoms. The summed E-state index contributed by atoms with van der Waals surface area (Å²) < 4.78 is 30.5. The molecule has 162 valence electrons. The first-order valence-corrected chi connectivity index (χ1v) is 10.3. The van der Waals surface area contributed by atoms with Gasteiger partial charge in [-0.2, -0.15) is 0 Å². The molecule has 0 unspecified atom stereocenters. The van der Waals surface area contributed by atoms with Crippen LogP contribution in [0, 0.1) is 5.82 Å². The highest BCUT2D eigenvalue weighted by Gasteiger charge is 2.32. The summed E-state index contributed by atoms with van der Waals surface area (Å²) in [6, 6.07) is 12.0. The molecule has 0 radical (unpaired) electrons. The fourth-order valence-electron chi connectivity index (χ4n) is 4.06. The highest BCUT2D eigenvalue weighted by Crippen LogP contribution is 2.39. The minimum absolute atomic E-state index is 0.0259. The van der Waals surface area contributed by atoms with Crippen LogP contribution < -0.4 is 9.47 Å². The Bertz CT molecular complexity index is 1070. The van der Waals surface area contributed by atoms with E-state index in [4.69, 9.17) is 13.9 Å². The lowest BCUT2D eigenvalue weighted by atomic mass is 10.0. The predicted octanol–water partition coefficient (Wildman–Crippen LogP) is 4.79. The van der Waals surface area contributed by atoms with Gasteiger partial charge in [0, 0.05) is 24.9 Å². The number of amides is 1.